The summed E-state index contributed by atoms with van der Waals surface area (Å²) < 4.78 is 11.4. The third-order valence-corrected chi connectivity index (χ3v) is 5.46. The van der Waals surface area contributed by atoms with Crippen LogP contribution in [-0.2, 0) is 11.4 Å². The van der Waals surface area contributed by atoms with Crippen LogP contribution in [0.15, 0.2) is 77.4 Å². The Morgan fingerprint density at radius 3 is 2.59 bits per heavy atom. The van der Waals surface area contributed by atoms with Crippen LogP contribution in [0.25, 0.3) is 6.08 Å². The molecule has 4 rings (SSSR count). The van der Waals surface area contributed by atoms with Crippen molar-refractivity contribution in [2.24, 2.45) is 5.10 Å². The Bertz CT molecular complexity index is 1320. The lowest BCUT2D eigenvalue weighted by atomic mass is 10.1. The van der Waals surface area contributed by atoms with Gasteiger partial charge in [-0.2, -0.15) is 10.1 Å². The van der Waals surface area contributed by atoms with Crippen molar-refractivity contribution in [3.05, 3.63) is 94.0 Å². The minimum absolute atomic E-state index is 0.0433. The van der Waals surface area contributed by atoms with Gasteiger partial charge in [-0.3, -0.25) is 4.79 Å². The van der Waals surface area contributed by atoms with Crippen LogP contribution < -0.4 is 19.6 Å². The summed E-state index contributed by atoms with van der Waals surface area (Å²) in [6, 6.07) is 18.9. The van der Waals surface area contributed by atoms with E-state index in [-0.39, 0.29) is 5.56 Å². The Kier molecular flexibility index (Phi) is 6.65. The zero-order valence-corrected chi connectivity index (χ0v) is 19.2. The van der Waals surface area contributed by atoms with Crippen LogP contribution in [0.1, 0.15) is 28.4 Å². The van der Waals surface area contributed by atoms with E-state index in [0.717, 1.165) is 10.6 Å². The second-order valence-electron chi connectivity index (χ2n) is 7.51. The maximum atomic E-state index is 13.1. The van der Waals surface area contributed by atoms with E-state index >= 15 is 0 Å². The number of methoxy groups -OCH3 is 1. The summed E-state index contributed by atoms with van der Waals surface area (Å²) in [4.78, 5) is 24.2. The average Bonchev–Trinajstić information content (AvgIpc) is 3.12. The van der Waals surface area contributed by atoms with Gasteiger partial charge in [-0.1, -0.05) is 54.1 Å². The highest BCUT2D eigenvalue weighted by atomic mass is 35.5. The molecule has 0 N–H and O–H groups in total. The standard InChI is InChI=1S/C26H21ClN2O5/c1-16-21(25(30)29(28-16)20-10-6-9-19(14-20)26(31)32)11-18-12-22(27)24(23(13-18)33-2)34-15-17-7-4-3-5-8-17/h3-14H,15H2,1-2H3,(H,31,32)/p-1/b21-11+. The molecular weight excluding hydrogens is 456 g/mol. The number of benzene rings is 3. The van der Waals surface area contributed by atoms with Crippen molar-refractivity contribution in [3.63, 3.8) is 0 Å². The number of hydrogen-bond acceptors (Lipinski definition) is 6. The van der Waals surface area contributed by atoms with Crippen LogP contribution in [0.3, 0.4) is 0 Å². The minimum Gasteiger partial charge on any atom is -0.545 e. The SMILES string of the molecule is COc1cc(/C=C2/C(=O)N(c3cccc(C(=O)[O-])c3)N=C2C)cc(Cl)c1OCc1ccccc1. The lowest BCUT2D eigenvalue weighted by Gasteiger charge is -2.14. The molecule has 0 atom stereocenters. The van der Waals surface area contributed by atoms with E-state index in [4.69, 9.17) is 21.1 Å². The van der Waals surface area contributed by atoms with Gasteiger partial charge in [-0.25, -0.2) is 0 Å². The molecule has 1 aliphatic heterocycles. The Hall–Kier alpha value is -4.10. The van der Waals surface area contributed by atoms with E-state index in [1.807, 2.05) is 30.3 Å². The maximum Gasteiger partial charge on any atom is 0.280 e. The minimum atomic E-state index is -1.33. The van der Waals surface area contributed by atoms with Gasteiger partial charge >= 0.3 is 0 Å². The van der Waals surface area contributed by atoms with Crippen molar-refractivity contribution in [2.75, 3.05) is 12.1 Å². The molecule has 0 saturated carbocycles. The molecular formula is C26H20ClN2O5-. The van der Waals surface area contributed by atoms with E-state index < -0.39 is 11.9 Å². The van der Waals surface area contributed by atoms with Crippen LogP contribution in [0.4, 0.5) is 5.69 Å². The summed E-state index contributed by atoms with van der Waals surface area (Å²) >= 11 is 6.49. The van der Waals surface area contributed by atoms with Crippen LogP contribution in [0, 0.1) is 0 Å². The number of anilines is 1. The highest BCUT2D eigenvalue weighted by Crippen LogP contribution is 2.38. The van der Waals surface area contributed by atoms with Crippen molar-refractivity contribution in [3.8, 4) is 11.5 Å². The highest BCUT2D eigenvalue weighted by molar-refractivity contribution is 6.33. The number of hydrogen-bond donors (Lipinski definition) is 0. The molecule has 0 unspecified atom stereocenters. The van der Waals surface area contributed by atoms with Gasteiger partial charge < -0.3 is 19.4 Å². The summed E-state index contributed by atoms with van der Waals surface area (Å²) in [5, 5.41) is 17.0. The number of carboxylic acids is 1. The predicted molar refractivity (Wildman–Crippen MR) is 128 cm³/mol. The van der Waals surface area contributed by atoms with Crippen LogP contribution in [0.2, 0.25) is 5.02 Å². The van der Waals surface area contributed by atoms with Crippen LogP contribution in [-0.4, -0.2) is 24.7 Å². The van der Waals surface area contributed by atoms with Gasteiger partial charge in [0, 0.05) is 0 Å². The third kappa shape index (κ3) is 4.79. The molecule has 1 aliphatic rings. The van der Waals surface area contributed by atoms with Crippen LogP contribution >= 0.6 is 11.6 Å². The van der Waals surface area contributed by atoms with E-state index in [1.165, 1.54) is 25.3 Å². The number of halogens is 1. The van der Waals surface area contributed by atoms with Crippen LogP contribution in [0.5, 0.6) is 11.5 Å². The topological polar surface area (TPSA) is 91.3 Å². The second-order valence-corrected chi connectivity index (χ2v) is 7.91. The van der Waals surface area contributed by atoms with Gasteiger partial charge in [0.05, 0.1) is 35.1 Å². The van der Waals surface area contributed by atoms with Gasteiger partial charge in [0.15, 0.2) is 11.5 Å². The van der Waals surface area contributed by atoms with Gasteiger partial charge in [0.25, 0.3) is 5.91 Å². The zero-order chi connectivity index (χ0) is 24.2. The van der Waals surface area contributed by atoms with Crippen molar-refractivity contribution in [1.82, 2.24) is 0 Å². The quantitative estimate of drug-likeness (QED) is 0.480. The number of carbonyl (C=O) groups excluding carboxylic acids is 2. The van der Waals surface area contributed by atoms with E-state index in [9.17, 15) is 14.7 Å². The normalized spacial score (nSPS) is 14.3. The van der Waals surface area contributed by atoms with Gasteiger partial charge in [0.1, 0.15) is 6.61 Å². The first kappa shape index (κ1) is 23.1. The summed E-state index contributed by atoms with van der Waals surface area (Å²) in [6.07, 6.45) is 1.65. The summed E-state index contributed by atoms with van der Waals surface area (Å²) in [5.41, 5.74) is 2.71. The third-order valence-electron chi connectivity index (χ3n) is 5.18. The largest absolute Gasteiger partial charge is 0.545 e. The number of nitrogens with zero attached hydrogens (tertiary/aromatic N) is 2. The molecule has 0 aromatic heterocycles. The molecule has 0 radical (unpaired) electrons. The molecule has 1 heterocycles. The van der Waals surface area contributed by atoms with E-state index in [2.05, 4.69) is 5.10 Å². The first-order valence-corrected chi connectivity index (χ1v) is 10.7. The predicted octanol–water partition coefficient (Wildman–Crippen LogP) is 4.10. The highest BCUT2D eigenvalue weighted by Gasteiger charge is 2.29. The monoisotopic (exact) mass is 475 g/mol. The lowest BCUT2D eigenvalue weighted by molar-refractivity contribution is -0.255. The van der Waals surface area contributed by atoms with E-state index in [1.54, 1.807) is 31.2 Å². The Balaban J connectivity index is 1.60. The number of aromatic carboxylic acids is 1. The number of rotatable bonds is 7. The van der Waals surface area contributed by atoms with Crippen molar-refractivity contribution in [2.45, 2.75) is 13.5 Å². The van der Waals surface area contributed by atoms with Crippen molar-refractivity contribution in [1.29, 1.82) is 0 Å². The molecule has 3 aromatic rings. The molecule has 0 aliphatic carbocycles. The van der Waals surface area contributed by atoms with Crippen molar-refractivity contribution >= 4 is 41.0 Å². The second kappa shape index (κ2) is 9.80. The lowest BCUT2D eigenvalue weighted by Crippen LogP contribution is -2.24. The van der Waals surface area contributed by atoms with Gasteiger partial charge in [-0.05, 0) is 54.0 Å². The molecule has 0 fully saturated rings. The summed E-state index contributed by atoms with van der Waals surface area (Å²) in [7, 11) is 1.51. The number of ether oxygens (including phenoxy) is 2. The molecule has 3 aromatic carbocycles. The molecule has 7 nitrogen and oxygen atoms in total. The Morgan fingerprint density at radius 1 is 1.12 bits per heavy atom. The fourth-order valence-electron chi connectivity index (χ4n) is 3.48. The smallest absolute Gasteiger partial charge is 0.280 e. The number of amides is 1. The summed E-state index contributed by atoms with van der Waals surface area (Å²) in [5.74, 6) is -0.901. The molecule has 0 saturated heterocycles. The fourth-order valence-corrected chi connectivity index (χ4v) is 3.76. The first-order chi connectivity index (χ1) is 16.4. The molecule has 8 heteroatoms. The molecule has 0 spiro atoms. The average molecular weight is 476 g/mol. The molecule has 0 bridgehead atoms. The molecule has 1 amide bonds. The maximum absolute atomic E-state index is 13.1. The van der Waals surface area contributed by atoms with E-state index in [0.29, 0.717) is 45.7 Å². The Morgan fingerprint density at radius 2 is 1.88 bits per heavy atom. The fraction of sp³-hybridized carbons (Fsp3) is 0.115. The zero-order valence-electron chi connectivity index (χ0n) is 18.4. The summed E-state index contributed by atoms with van der Waals surface area (Å²) in [6.45, 7) is 2.02. The molecule has 172 valence electrons. The number of hydrazone groups is 1. The van der Waals surface area contributed by atoms with Gasteiger partial charge in [0.2, 0.25) is 0 Å². The number of carboxylic acid groups (broad SMARTS) is 1. The van der Waals surface area contributed by atoms with Crippen molar-refractivity contribution < 1.29 is 24.2 Å². The van der Waals surface area contributed by atoms with Gasteiger partial charge in [-0.15, -0.1) is 0 Å². The Labute approximate surface area is 201 Å². The number of carbonyl (C=O) groups is 2. The first-order valence-electron chi connectivity index (χ1n) is 10.3. The molecule has 34 heavy (non-hydrogen) atoms.